The molecule has 0 radical (unpaired) electrons. The first-order valence-electron chi connectivity index (χ1n) is 8.04. The van der Waals surface area contributed by atoms with Gasteiger partial charge in [0.15, 0.2) is 0 Å². The lowest BCUT2D eigenvalue weighted by Gasteiger charge is -2.28. The van der Waals surface area contributed by atoms with Gasteiger partial charge in [-0.25, -0.2) is 0 Å². The number of carbonyl (C=O) groups excluding carboxylic acids is 1. The van der Waals surface area contributed by atoms with Crippen LogP contribution >= 0.6 is 0 Å². The van der Waals surface area contributed by atoms with Gasteiger partial charge in [0.1, 0.15) is 0 Å². The lowest BCUT2D eigenvalue weighted by Crippen LogP contribution is -2.46. The summed E-state index contributed by atoms with van der Waals surface area (Å²) in [5.74, 6) is 0.403. The van der Waals surface area contributed by atoms with Crippen LogP contribution in [0.15, 0.2) is 0 Å². The molecule has 4 aliphatic rings. The van der Waals surface area contributed by atoms with Crippen molar-refractivity contribution >= 4 is 5.91 Å². The molecule has 0 aromatic rings. The van der Waals surface area contributed by atoms with E-state index < -0.39 is 0 Å². The third-order valence-corrected chi connectivity index (χ3v) is 5.65. The largest absolute Gasteiger partial charge is 0.322 e. The standard InChI is InChI=1S/C15H25N3O/c1-11-16-15(7-2-3-8-15)14(19)18(11)13-6-9-17(10-13)12-4-5-12/h11-13,16H,2-10H2,1H3. The van der Waals surface area contributed by atoms with E-state index in [-0.39, 0.29) is 11.7 Å². The summed E-state index contributed by atoms with van der Waals surface area (Å²) in [4.78, 5) is 17.7. The van der Waals surface area contributed by atoms with Crippen molar-refractivity contribution in [1.29, 1.82) is 0 Å². The topological polar surface area (TPSA) is 35.6 Å². The van der Waals surface area contributed by atoms with E-state index in [9.17, 15) is 4.79 Å². The number of likely N-dealkylation sites (tertiary alicyclic amines) is 1. The number of nitrogens with one attached hydrogen (secondary N) is 1. The molecule has 2 heterocycles. The highest BCUT2D eigenvalue weighted by molar-refractivity contribution is 5.89. The predicted octanol–water partition coefficient (Wildman–Crippen LogP) is 1.31. The molecule has 0 aromatic heterocycles. The second kappa shape index (κ2) is 4.19. The molecule has 4 rings (SSSR count). The highest BCUT2D eigenvalue weighted by atomic mass is 16.2. The van der Waals surface area contributed by atoms with Gasteiger partial charge >= 0.3 is 0 Å². The Morgan fingerprint density at radius 3 is 2.58 bits per heavy atom. The zero-order valence-corrected chi connectivity index (χ0v) is 11.9. The summed E-state index contributed by atoms with van der Waals surface area (Å²) >= 11 is 0. The van der Waals surface area contributed by atoms with Crippen LogP contribution in [0, 0.1) is 0 Å². The molecule has 2 aliphatic carbocycles. The minimum absolute atomic E-state index is 0.188. The summed E-state index contributed by atoms with van der Waals surface area (Å²) in [6.07, 6.45) is 8.66. The zero-order valence-electron chi connectivity index (χ0n) is 11.9. The fraction of sp³-hybridized carbons (Fsp3) is 0.933. The molecule has 0 bridgehead atoms. The third-order valence-electron chi connectivity index (χ3n) is 5.65. The van der Waals surface area contributed by atoms with Gasteiger partial charge in [0.2, 0.25) is 5.91 Å². The van der Waals surface area contributed by atoms with Crippen LogP contribution in [0.1, 0.15) is 51.9 Å². The summed E-state index contributed by atoms with van der Waals surface area (Å²) in [7, 11) is 0. The monoisotopic (exact) mass is 263 g/mol. The van der Waals surface area contributed by atoms with Crippen molar-refractivity contribution < 1.29 is 4.79 Å². The Balaban J connectivity index is 1.50. The van der Waals surface area contributed by atoms with Crippen LogP contribution in [0.2, 0.25) is 0 Å². The van der Waals surface area contributed by atoms with Gasteiger partial charge in [0.05, 0.1) is 11.7 Å². The normalized spacial score (nSPS) is 38.8. The highest BCUT2D eigenvalue weighted by Crippen LogP contribution is 2.39. The Morgan fingerprint density at radius 1 is 1.16 bits per heavy atom. The van der Waals surface area contributed by atoms with Gasteiger partial charge in [-0.1, -0.05) is 12.8 Å². The van der Waals surface area contributed by atoms with E-state index >= 15 is 0 Å². The van der Waals surface area contributed by atoms with Crippen LogP contribution in [0.5, 0.6) is 0 Å². The van der Waals surface area contributed by atoms with Gasteiger partial charge in [-0.3, -0.25) is 15.0 Å². The molecule has 19 heavy (non-hydrogen) atoms. The maximum absolute atomic E-state index is 12.9. The van der Waals surface area contributed by atoms with E-state index in [2.05, 4.69) is 22.0 Å². The van der Waals surface area contributed by atoms with Crippen molar-refractivity contribution in [1.82, 2.24) is 15.1 Å². The first-order chi connectivity index (χ1) is 9.20. The number of hydrogen-bond donors (Lipinski definition) is 1. The zero-order chi connectivity index (χ0) is 13.0. The molecule has 4 fully saturated rings. The molecular formula is C15H25N3O. The molecule has 106 valence electrons. The Bertz CT molecular complexity index is 387. The lowest BCUT2D eigenvalue weighted by atomic mass is 9.97. The fourth-order valence-electron chi connectivity index (χ4n) is 4.54. The molecule has 4 nitrogen and oxygen atoms in total. The molecule has 2 atom stereocenters. The summed E-state index contributed by atoms with van der Waals surface area (Å²) in [5.41, 5.74) is -0.188. The molecule has 2 saturated carbocycles. The van der Waals surface area contributed by atoms with E-state index in [0.29, 0.717) is 11.9 Å². The Kier molecular flexibility index (Phi) is 2.68. The maximum Gasteiger partial charge on any atom is 0.244 e. The minimum atomic E-state index is -0.188. The van der Waals surface area contributed by atoms with Gasteiger partial charge < -0.3 is 4.90 Å². The van der Waals surface area contributed by atoms with Crippen LogP contribution in [-0.2, 0) is 4.79 Å². The summed E-state index contributed by atoms with van der Waals surface area (Å²) in [6.45, 7) is 4.47. The van der Waals surface area contributed by atoms with Crippen molar-refractivity contribution in [2.45, 2.75) is 75.7 Å². The van der Waals surface area contributed by atoms with Gasteiger partial charge in [-0.2, -0.15) is 0 Å². The van der Waals surface area contributed by atoms with Gasteiger partial charge in [-0.05, 0) is 39.0 Å². The van der Waals surface area contributed by atoms with E-state index in [1.165, 1.54) is 38.6 Å². The number of hydrogen-bond acceptors (Lipinski definition) is 3. The lowest BCUT2D eigenvalue weighted by molar-refractivity contribution is -0.135. The molecule has 1 N–H and O–H groups in total. The van der Waals surface area contributed by atoms with Crippen molar-refractivity contribution in [3.63, 3.8) is 0 Å². The Labute approximate surface area is 115 Å². The average molecular weight is 263 g/mol. The fourth-order valence-corrected chi connectivity index (χ4v) is 4.54. The summed E-state index contributed by atoms with van der Waals surface area (Å²) in [6, 6.07) is 1.29. The molecule has 2 saturated heterocycles. The van der Waals surface area contributed by atoms with E-state index in [1.54, 1.807) is 0 Å². The number of carbonyl (C=O) groups is 1. The first kappa shape index (κ1) is 12.2. The van der Waals surface area contributed by atoms with Gasteiger partial charge in [-0.15, -0.1) is 0 Å². The van der Waals surface area contributed by atoms with Crippen LogP contribution < -0.4 is 5.32 Å². The molecule has 4 heteroatoms. The van der Waals surface area contributed by atoms with Crippen molar-refractivity contribution in [3.05, 3.63) is 0 Å². The molecule has 1 amide bonds. The van der Waals surface area contributed by atoms with Gasteiger partial charge in [0, 0.05) is 25.2 Å². The Hall–Kier alpha value is -0.610. The second-order valence-corrected chi connectivity index (χ2v) is 6.99. The quantitative estimate of drug-likeness (QED) is 0.816. The van der Waals surface area contributed by atoms with Crippen molar-refractivity contribution in [2.75, 3.05) is 13.1 Å². The second-order valence-electron chi connectivity index (χ2n) is 6.99. The Morgan fingerprint density at radius 2 is 1.89 bits per heavy atom. The molecule has 2 unspecified atom stereocenters. The van der Waals surface area contributed by atoms with Crippen LogP contribution in [0.3, 0.4) is 0 Å². The van der Waals surface area contributed by atoms with Gasteiger partial charge in [0.25, 0.3) is 0 Å². The van der Waals surface area contributed by atoms with Crippen LogP contribution in [0.4, 0.5) is 0 Å². The van der Waals surface area contributed by atoms with Crippen molar-refractivity contribution in [3.8, 4) is 0 Å². The molecule has 1 spiro atoms. The van der Waals surface area contributed by atoms with E-state index in [1.807, 2.05) is 0 Å². The SMILES string of the molecule is CC1NC2(CCCC2)C(=O)N1C1CCN(C2CC2)C1. The van der Waals surface area contributed by atoms with Crippen LogP contribution in [-0.4, -0.2) is 52.6 Å². The maximum atomic E-state index is 12.9. The number of amides is 1. The highest BCUT2D eigenvalue weighted by Gasteiger charge is 2.53. The average Bonchev–Trinajstić information content (AvgIpc) is 2.85. The summed E-state index contributed by atoms with van der Waals surface area (Å²) < 4.78 is 0. The molecular weight excluding hydrogens is 238 g/mol. The number of nitrogens with zero attached hydrogens (tertiary/aromatic N) is 2. The minimum Gasteiger partial charge on any atom is -0.322 e. The van der Waals surface area contributed by atoms with Crippen LogP contribution in [0.25, 0.3) is 0 Å². The molecule has 2 aliphatic heterocycles. The van der Waals surface area contributed by atoms with Crippen molar-refractivity contribution in [2.24, 2.45) is 0 Å². The number of rotatable bonds is 2. The first-order valence-corrected chi connectivity index (χ1v) is 8.04. The predicted molar refractivity (Wildman–Crippen MR) is 73.6 cm³/mol. The summed E-state index contributed by atoms with van der Waals surface area (Å²) in [5, 5.41) is 3.62. The van der Waals surface area contributed by atoms with E-state index in [0.717, 1.165) is 25.4 Å². The molecule has 0 aromatic carbocycles. The van der Waals surface area contributed by atoms with E-state index in [4.69, 9.17) is 0 Å². The third kappa shape index (κ3) is 1.83. The smallest absolute Gasteiger partial charge is 0.244 e.